The second kappa shape index (κ2) is 11.2. The third kappa shape index (κ3) is 6.23. The second-order valence-corrected chi connectivity index (χ2v) is 7.71. The van der Waals surface area contributed by atoms with E-state index in [1.165, 1.54) is 18.2 Å². The maximum atomic E-state index is 5.55. The Hall–Kier alpha value is -3.54. The maximum Gasteiger partial charge on any atom is 0.117 e. The van der Waals surface area contributed by atoms with E-state index in [1.54, 1.807) is 0 Å². The van der Waals surface area contributed by atoms with E-state index < -0.39 is 0 Å². The lowest BCUT2D eigenvalue weighted by atomic mass is 10.0. The predicted molar refractivity (Wildman–Crippen MR) is 129 cm³/mol. The van der Waals surface area contributed by atoms with Gasteiger partial charge in [-0.1, -0.05) is 40.1 Å². The average Bonchev–Trinajstić information content (AvgIpc) is 2.80. The van der Waals surface area contributed by atoms with Crippen LogP contribution in [0.15, 0.2) is 64.9 Å². The number of rotatable bonds is 9. The molecular formula is C26H30N4O2. The molecular weight excluding hydrogens is 400 g/mol. The summed E-state index contributed by atoms with van der Waals surface area (Å²) in [5, 5.41) is 8.20. The lowest BCUT2D eigenvalue weighted by Gasteiger charge is -2.08. The van der Waals surface area contributed by atoms with Crippen molar-refractivity contribution in [2.75, 3.05) is 13.7 Å². The van der Waals surface area contributed by atoms with E-state index in [4.69, 9.17) is 14.7 Å². The van der Waals surface area contributed by atoms with Crippen LogP contribution in [-0.2, 0) is 16.1 Å². The average molecular weight is 431 g/mol. The van der Waals surface area contributed by atoms with Crippen LogP contribution < -0.4 is 0 Å². The summed E-state index contributed by atoms with van der Waals surface area (Å²) < 4.78 is 0. The summed E-state index contributed by atoms with van der Waals surface area (Å²) in [4.78, 5) is 19.8. The Morgan fingerprint density at radius 2 is 1.59 bits per heavy atom. The lowest BCUT2D eigenvalue weighted by molar-refractivity contribution is 0.141. The van der Waals surface area contributed by atoms with Crippen molar-refractivity contribution < 1.29 is 9.68 Å². The van der Waals surface area contributed by atoms with E-state index in [-0.39, 0.29) is 0 Å². The van der Waals surface area contributed by atoms with Crippen LogP contribution in [0.5, 0.6) is 0 Å². The van der Waals surface area contributed by atoms with Crippen LogP contribution in [0.25, 0.3) is 11.3 Å². The molecule has 3 aromatic rings. The van der Waals surface area contributed by atoms with Gasteiger partial charge in [0.15, 0.2) is 0 Å². The van der Waals surface area contributed by atoms with E-state index in [9.17, 15) is 0 Å². The molecule has 0 radical (unpaired) electrons. The minimum absolute atomic E-state index is 0.505. The van der Waals surface area contributed by atoms with Crippen molar-refractivity contribution in [3.8, 4) is 11.3 Å². The molecule has 166 valence electrons. The van der Waals surface area contributed by atoms with Gasteiger partial charge in [0.2, 0.25) is 0 Å². The molecule has 2 heterocycles. The van der Waals surface area contributed by atoms with Crippen molar-refractivity contribution in [3.05, 3.63) is 82.8 Å². The van der Waals surface area contributed by atoms with Crippen LogP contribution >= 0.6 is 0 Å². The van der Waals surface area contributed by atoms with Gasteiger partial charge in [0.25, 0.3) is 0 Å². The smallest absolute Gasteiger partial charge is 0.117 e. The molecule has 2 aromatic heterocycles. The van der Waals surface area contributed by atoms with Crippen LogP contribution in [0.1, 0.15) is 48.5 Å². The molecule has 6 heteroatoms. The second-order valence-electron chi connectivity index (χ2n) is 7.71. The van der Waals surface area contributed by atoms with Gasteiger partial charge in [-0.3, -0.25) is 4.98 Å². The van der Waals surface area contributed by atoms with Gasteiger partial charge in [0, 0.05) is 11.3 Å². The quantitative estimate of drug-likeness (QED) is 0.255. The predicted octanol–water partition coefficient (Wildman–Crippen LogP) is 5.50. The minimum Gasteiger partial charge on any atom is -0.399 e. The number of aromatic nitrogens is 2. The van der Waals surface area contributed by atoms with Gasteiger partial charge >= 0.3 is 0 Å². The minimum atomic E-state index is 0.505. The molecule has 0 bridgehead atoms. The van der Waals surface area contributed by atoms with Crippen molar-refractivity contribution in [2.24, 2.45) is 10.3 Å². The molecule has 0 aliphatic heterocycles. The molecule has 0 aliphatic rings. The molecule has 32 heavy (non-hydrogen) atoms. The molecule has 1 aromatic carbocycles. The zero-order chi connectivity index (χ0) is 22.9. The first-order valence-corrected chi connectivity index (χ1v) is 10.7. The van der Waals surface area contributed by atoms with Gasteiger partial charge in [-0.2, -0.15) is 0 Å². The summed E-state index contributed by atoms with van der Waals surface area (Å²) >= 11 is 0. The zero-order valence-electron chi connectivity index (χ0n) is 19.4. The Kier molecular flexibility index (Phi) is 8.08. The van der Waals surface area contributed by atoms with Crippen molar-refractivity contribution >= 4 is 11.4 Å². The van der Waals surface area contributed by atoms with Gasteiger partial charge in [0.1, 0.15) is 25.1 Å². The Morgan fingerprint density at radius 3 is 2.38 bits per heavy atom. The largest absolute Gasteiger partial charge is 0.399 e. The van der Waals surface area contributed by atoms with Gasteiger partial charge in [0.05, 0.1) is 17.1 Å². The molecule has 0 aliphatic carbocycles. The van der Waals surface area contributed by atoms with Gasteiger partial charge in [-0.15, -0.1) is 0 Å². The standard InChI is InChI=1S/C26H30N4O2/c1-18-14-15-19(2)23(17-18)26-13-7-12-25(28-26)21(4)30-32-16-8-10-22-9-6-11-24(27-22)20(3)29-31-5/h6-7,9,11-15,17H,8,10,16H2,1-5H3. The van der Waals surface area contributed by atoms with Gasteiger partial charge < -0.3 is 9.68 Å². The Balaban J connectivity index is 1.57. The van der Waals surface area contributed by atoms with Crippen LogP contribution in [0, 0.1) is 13.8 Å². The van der Waals surface area contributed by atoms with Gasteiger partial charge in [-0.25, -0.2) is 4.98 Å². The highest BCUT2D eigenvalue weighted by atomic mass is 16.6. The monoisotopic (exact) mass is 430 g/mol. The SMILES string of the molecule is CON=C(C)c1cccc(CCCON=C(C)c2cccc(-c3cc(C)ccc3C)n2)n1. The molecule has 0 N–H and O–H groups in total. The van der Waals surface area contributed by atoms with Crippen molar-refractivity contribution in [1.29, 1.82) is 0 Å². The number of nitrogens with zero attached hydrogens (tertiary/aromatic N) is 4. The van der Waals surface area contributed by atoms with E-state index in [0.717, 1.165) is 52.6 Å². The topological polar surface area (TPSA) is 69.0 Å². The van der Waals surface area contributed by atoms with Crippen LogP contribution in [-0.4, -0.2) is 35.1 Å². The van der Waals surface area contributed by atoms with Gasteiger partial charge in [-0.05, 0) is 76.4 Å². The molecule has 0 amide bonds. The summed E-state index contributed by atoms with van der Waals surface area (Å²) in [7, 11) is 1.53. The Bertz CT molecular complexity index is 1120. The normalized spacial score (nSPS) is 12.0. The summed E-state index contributed by atoms with van der Waals surface area (Å²) in [6.07, 6.45) is 1.60. The molecule has 0 atom stereocenters. The molecule has 0 saturated carbocycles. The molecule has 0 unspecified atom stereocenters. The van der Waals surface area contributed by atoms with Crippen molar-refractivity contribution in [3.63, 3.8) is 0 Å². The zero-order valence-corrected chi connectivity index (χ0v) is 19.4. The highest BCUT2D eigenvalue weighted by Gasteiger charge is 2.07. The molecule has 3 rings (SSSR count). The molecule has 0 fully saturated rings. The summed E-state index contributed by atoms with van der Waals surface area (Å²) in [6, 6.07) is 18.3. The van der Waals surface area contributed by atoms with Crippen LogP contribution in [0.2, 0.25) is 0 Å². The lowest BCUT2D eigenvalue weighted by Crippen LogP contribution is -2.04. The molecule has 6 nitrogen and oxygen atoms in total. The number of pyridine rings is 2. The Morgan fingerprint density at radius 1 is 0.875 bits per heavy atom. The number of hydrogen-bond acceptors (Lipinski definition) is 6. The first kappa shape index (κ1) is 23.1. The van der Waals surface area contributed by atoms with E-state index in [1.807, 2.05) is 50.2 Å². The third-order valence-corrected chi connectivity index (χ3v) is 5.06. The fraction of sp³-hybridized carbons (Fsp3) is 0.308. The third-order valence-electron chi connectivity index (χ3n) is 5.06. The van der Waals surface area contributed by atoms with Crippen LogP contribution in [0.3, 0.4) is 0 Å². The Labute approximate surface area is 190 Å². The first-order valence-electron chi connectivity index (χ1n) is 10.7. The number of oxime groups is 2. The fourth-order valence-corrected chi connectivity index (χ4v) is 3.31. The van der Waals surface area contributed by atoms with E-state index >= 15 is 0 Å². The highest BCUT2D eigenvalue weighted by molar-refractivity contribution is 5.97. The summed E-state index contributed by atoms with van der Waals surface area (Å²) in [5.41, 5.74) is 8.61. The fourth-order valence-electron chi connectivity index (χ4n) is 3.31. The molecule has 0 saturated heterocycles. The highest BCUT2D eigenvalue weighted by Crippen LogP contribution is 2.23. The number of hydrogen-bond donors (Lipinski definition) is 0. The van der Waals surface area contributed by atoms with E-state index in [0.29, 0.717) is 6.61 Å². The number of aryl methyl sites for hydroxylation is 3. The van der Waals surface area contributed by atoms with Crippen molar-refractivity contribution in [2.45, 2.75) is 40.5 Å². The van der Waals surface area contributed by atoms with Crippen molar-refractivity contribution in [1.82, 2.24) is 9.97 Å². The number of benzene rings is 1. The first-order chi connectivity index (χ1) is 15.5. The van der Waals surface area contributed by atoms with E-state index in [2.05, 4.69) is 47.3 Å². The molecule has 0 spiro atoms. The summed E-state index contributed by atoms with van der Waals surface area (Å²) in [6.45, 7) is 8.49. The van der Waals surface area contributed by atoms with Crippen LogP contribution in [0.4, 0.5) is 0 Å². The summed E-state index contributed by atoms with van der Waals surface area (Å²) in [5.74, 6) is 0. The maximum absolute atomic E-state index is 5.55.